The zero-order valence-corrected chi connectivity index (χ0v) is 12.3. The number of aromatic nitrogens is 3. The normalized spacial score (nSPS) is 13.7. The summed E-state index contributed by atoms with van der Waals surface area (Å²) in [5, 5.41) is 4.33. The van der Waals surface area contributed by atoms with Gasteiger partial charge < -0.3 is 4.74 Å². The molecule has 2 heterocycles. The van der Waals surface area contributed by atoms with Crippen molar-refractivity contribution in [3.63, 3.8) is 0 Å². The van der Waals surface area contributed by atoms with Crippen molar-refractivity contribution >= 4 is 21.8 Å². The van der Waals surface area contributed by atoms with Crippen LogP contribution in [0.1, 0.15) is 9.68 Å². The number of nitrogens with one attached hydrogen (secondary N) is 1. The number of nitrogens with zero attached hydrogens (tertiary/aromatic N) is 2. The predicted molar refractivity (Wildman–Crippen MR) is 90.5 cm³/mol. The molecule has 0 aliphatic rings. The molecule has 0 fully saturated rings. The molecular weight excluding hydrogens is 290 g/mol. The number of para-hydroxylation sites is 2. The molecule has 0 saturated carbocycles. The third kappa shape index (κ3) is 2.01. The molecule has 0 bridgehead atoms. The summed E-state index contributed by atoms with van der Waals surface area (Å²) < 4.78 is 28.3. The lowest BCUT2D eigenvalue weighted by atomic mass is 10.1. The van der Waals surface area contributed by atoms with Crippen LogP contribution in [0.25, 0.3) is 27.5 Å². The third-order valence-corrected chi connectivity index (χ3v) is 3.90. The number of hydrogen-bond acceptors (Lipinski definition) is 3. The van der Waals surface area contributed by atoms with E-state index >= 15 is 0 Å². The molecular formula is C18H15N3O2. The summed E-state index contributed by atoms with van der Waals surface area (Å²) >= 11 is 0. The summed E-state index contributed by atoms with van der Waals surface area (Å²) in [7, 11) is -2.61. The summed E-state index contributed by atoms with van der Waals surface area (Å²) in [6, 6.07) is 12.3. The number of pyridine rings is 1. The zero-order chi connectivity index (χ0) is 18.5. The Hall–Kier alpha value is -3.08. The molecule has 4 aromatic rings. The topological polar surface area (TPSA) is 59.9 Å². The number of hydrogen-bond donors (Lipinski definition) is 1. The van der Waals surface area contributed by atoms with Crippen LogP contribution in [0.3, 0.4) is 0 Å². The van der Waals surface area contributed by atoms with E-state index in [0.717, 1.165) is 16.5 Å². The highest BCUT2D eigenvalue weighted by atomic mass is 16.5. The number of aryl methyl sites for hydroxylation is 1. The van der Waals surface area contributed by atoms with Crippen LogP contribution in [-0.2, 0) is 0 Å². The van der Waals surface area contributed by atoms with Crippen molar-refractivity contribution in [2.45, 2.75) is 6.92 Å². The van der Waals surface area contributed by atoms with Crippen molar-refractivity contribution in [3.8, 4) is 11.4 Å². The van der Waals surface area contributed by atoms with Crippen molar-refractivity contribution < 1.29 is 8.85 Å². The monoisotopic (exact) mass is 308 g/mol. The number of benzene rings is 2. The number of aromatic amines is 1. The minimum absolute atomic E-state index is 0.0922. The smallest absolute Gasteiger partial charge is 0.280 e. The van der Waals surface area contributed by atoms with Crippen LogP contribution >= 0.6 is 0 Å². The van der Waals surface area contributed by atoms with Gasteiger partial charge in [0.15, 0.2) is 0 Å². The molecule has 0 radical (unpaired) electrons. The minimum atomic E-state index is -2.61. The van der Waals surface area contributed by atoms with Crippen LogP contribution < -0.4 is 10.3 Å². The van der Waals surface area contributed by atoms with Gasteiger partial charge in [0.05, 0.1) is 27.6 Å². The zero-order valence-electron chi connectivity index (χ0n) is 15.3. The standard InChI is InChI=1S/C18H15N3O2/c1-11-7-8-14-12(9-11)17-13(10-19-14)18(22)21(20-17)15-5-3-4-6-16(15)23-2/h3-10,20H,1-2H3/i2D3. The van der Waals surface area contributed by atoms with Gasteiger partial charge in [0.25, 0.3) is 5.56 Å². The molecule has 0 spiro atoms. The van der Waals surface area contributed by atoms with E-state index in [2.05, 4.69) is 10.1 Å². The Balaban J connectivity index is 1.99. The maximum atomic E-state index is 12.9. The molecule has 114 valence electrons. The average Bonchev–Trinajstić information content (AvgIpc) is 2.91. The van der Waals surface area contributed by atoms with Crippen LogP contribution in [0.4, 0.5) is 0 Å². The van der Waals surface area contributed by atoms with E-state index in [9.17, 15) is 4.79 Å². The van der Waals surface area contributed by atoms with Crippen LogP contribution in [-0.4, -0.2) is 21.8 Å². The molecule has 2 aromatic carbocycles. The van der Waals surface area contributed by atoms with Gasteiger partial charge in [-0.15, -0.1) is 0 Å². The fraction of sp³-hybridized carbons (Fsp3) is 0.111. The lowest BCUT2D eigenvalue weighted by Crippen LogP contribution is -2.15. The maximum absolute atomic E-state index is 12.9. The number of ether oxygens (including phenoxy) is 1. The first-order valence-electron chi connectivity index (χ1n) is 8.62. The molecule has 5 nitrogen and oxygen atoms in total. The largest absolute Gasteiger partial charge is 0.494 e. The van der Waals surface area contributed by atoms with E-state index in [1.165, 1.54) is 16.9 Å². The quantitative estimate of drug-likeness (QED) is 0.618. The van der Waals surface area contributed by atoms with Crippen LogP contribution in [0.5, 0.6) is 5.75 Å². The van der Waals surface area contributed by atoms with Crippen molar-refractivity contribution in [3.05, 3.63) is 64.6 Å². The highest BCUT2D eigenvalue weighted by Crippen LogP contribution is 2.24. The van der Waals surface area contributed by atoms with E-state index in [0.29, 0.717) is 16.6 Å². The van der Waals surface area contributed by atoms with Crippen molar-refractivity contribution in [2.24, 2.45) is 0 Å². The molecule has 0 unspecified atom stereocenters. The Bertz CT molecular complexity index is 1190. The van der Waals surface area contributed by atoms with E-state index in [4.69, 9.17) is 8.85 Å². The van der Waals surface area contributed by atoms with Gasteiger partial charge in [0.1, 0.15) is 11.4 Å². The molecule has 5 heteroatoms. The van der Waals surface area contributed by atoms with E-state index in [1.807, 2.05) is 25.1 Å². The SMILES string of the molecule is [2H]C([2H])([2H])Oc1ccccc1-n1[nH]c2c(cnc3ccc(C)cc32)c1=O. The van der Waals surface area contributed by atoms with Gasteiger partial charge >= 0.3 is 0 Å². The van der Waals surface area contributed by atoms with Gasteiger partial charge in [-0.1, -0.05) is 23.8 Å². The molecule has 1 N–H and O–H groups in total. The van der Waals surface area contributed by atoms with E-state index in [-0.39, 0.29) is 11.3 Å². The van der Waals surface area contributed by atoms with Gasteiger partial charge in [0, 0.05) is 11.6 Å². The van der Waals surface area contributed by atoms with Crippen LogP contribution in [0.15, 0.2) is 53.5 Å². The van der Waals surface area contributed by atoms with E-state index < -0.39 is 7.04 Å². The first-order chi connectivity index (χ1) is 12.3. The van der Waals surface area contributed by atoms with Crippen LogP contribution in [0, 0.1) is 6.92 Å². The average molecular weight is 308 g/mol. The van der Waals surface area contributed by atoms with Gasteiger partial charge in [-0.25, -0.2) is 4.68 Å². The molecule has 0 atom stereocenters. The number of rotatable bonds is 2. The molecule has 0 aliphatic carbocycles. The summed E-state index contributed by atoms with van der Waals surface area (Å²) in [5.74, 6) is 0.0922. The lowest BCUT2D eigenvalue weighted by Gasteiger charge is -2.07. The second kappa shape index (κ2) is 4.98. The predicted octanol–water partition coefficient (Wildman–Crippen LogP) is 3.18. The maximum Gasteiger partial charge on any atom is 0.280 e. The number of H-pyrrole nitrogens is 1. The molecule has 23 heavy (non-hydrogen) atoms. The molecule has 2 aromatic heterocycles. The second-order valence-electron chi connectivity index (χ2n) is 5.39. The fourth-order valence-electron chi connectivity index (χ4n) is 2.77. The lowest BCUT2D eigenvalue weighted by molar-refractivity contribution is 0.411. The third-order valence-electron chi connectivity index (χ3n) is 3.90. The fourth-order valence-corrected chi connectivity index (χ4v) is 2.77. The van der Waals surface area contributed by atoms with Crippen molar-refractivity contribution in [2.75, 3.05) is 7.04 Å². The van der Waals surface area contributed by atoms with Crippen molar-refractivity contribution in [1.82, 2.24) is 14.8 Å². The minimum Gasteiger partial charge on any atom is -0.494 e. The van der Waals surface area contributed by atoms with Gasteiger partial charge in [-0.05, 0) is 31.2 Å². The molecule has 4 rings (SSSR count). The Morgan fingerprint density at radius 3 is 2.96 bits per heavy atom. The number of methoxy groups -OCH3 is 1. The first-order valence-corrected chi connectivity index (χ1v) is 7.12. The van der Waals surface area contributed by atoms with E-state index in [1.54, 1.807) is 18.2 Å². The summed E-state index contributed by atoms with van der Waals surface area (Å²) in [6.07, 6.45) is 1.52. The second-order valence-corrected chi connectivity index (χ2v) is 5.39. The highest BCUT2D eigenvalue weighted by molar-refractivity contribution is 6.03. The Morgan fingerprint density at radius 1 is 1.22 bits per heavy atom. The molecule has 0 aliphatic heterocycles. The highest BCUT2D eigenvalue weighted by Gasteiger charge is 2.14. The summed E-state index contributed by atoms with van der Waals surface area (Å²) in [5.41, 5.74) is 2.46. The van der Waals surface area contributed by atoms with Crippen molar-refractivity contribution in [1.29, 1.82) is 0 Å². The molecule has 0 saturated heterocycles. The van der Waals surface area contributed by atoms with Gasteiger partial charge in [0.2, 0.25) is 0 Å². The van der Waals surface area contributed by atoms with Gasteiger partial charge in [-0.2, -0.15) is 0 Å². The summed E-state index contributed by atoms with van der Waals surface area (Å²) in [6.45, 7) is 1.97. The Kier molecular flexibility index (Phi) is 2.30. The van der Waals surface area contributed by atoms with Crippen LogP contribution in [0.2, 0.25) is 0 Å². The Labute approximate surface area is 136 Å². The number of fused-ring (bicyclic) bond motifs is 3. The summed E-state index contributed by atoms with van der Waals surface area (Å²) in [4.78, 5) is 17.2. The van der Waals surface area contributed by atoms with Gasteiger partial charge in [-0.3, -0.25) is 14.9 Å². The molecule has 0 amide bonds. The first kappa shape index (κ1) is 10.6. The Morgan fingerprint density at radius 2 is 2.09 bits per heavy atom.